The number of amides is 2. The minimum atomic E-state index is -4.92. The number of ether oxygens (including phenoxy) is 4. The van der Waals surface area contributed by atoms with Crippen LogP contribution in [0.5, 0.6) is 5.75 Å². The molecule has 0 aliphatic carbocycles. The topological polar surface area (TPSA) is 108 Å². The van der Waals surface area contributed by atoms with Gasteiger partial charge in [0.2, 0.25) is 5.67 Å². The summed E-state index contributed by atoms with van der Waals surface area (Å²) in [5.74, 6) is -3.99. The molecule has 2 atom stereocenters. The smallest absolute Gasteiger partial charge is 0.422 e. The predicted octanol–water partition coefficient (Wildman–Crippen LogP) is 5.74. The molecule has 1 heterocycles. The first-order valence-corrected chi connectivity index (χ1v) is 12.8. The lowest BCUT2D eigenvalue weighted by molar-refractivity contribution is -0.164. The molecule has 43 heavy (non-hydrogen) atoms. The number of hydrogen-bond acceptors (Lipinski definition) is 8. The fourth-order valence-corrected chi connectivity index (χ4v) is 4.41. The van der Waals surface area contributed by atoms with E-state index in [-0.39, 0.29) is 22.3 Å². The summed E-state index contributed by atoms with van der Waals surface area (Å²) in [6, 6.07) is 13.9. The SMILES string of the molecule is COc1ccc(Cl)cc1C1(F)C(=O)N(C(=O)OC(C)C(=O)OCC(=O)OCc2ccccc2)c2cc(C(F)(F)F)ccc21. The van der Waals surface area contributed by atoms with Crippen molar-refractivity contribution in [1.82, 2.24) is 0 Å². The Morgan fingerprint density at radius 1 is 0.977 bits per heavy atom. The van der Waals surface area contributed by atoms with Crippen LogP contribution < -0.4 is 9.64 Å². The van der Waals surface area contributed by atoms with Gasteiger partial charge in [0, 0.05) is 16.1 Å². The molecule has 2 amide bonds. The minimum absolute atomic E-state index is 0.0335. The van der Waals surface area contributed by atoms with Crippen molar-refractivity contribution in [3.05, 3.63) is 94.0 Å². The zero-order chi connectivity index (χ0) is 31.5. The maximum atomic E-state index is 16.8. The molecule has 3 aromatic rings. The van der Waals surface area contributed by atoms with E-state index in [2.05, 4.69) is 0 Å². The van der Waals surface area contributed by atoms with E-state index in [4.69, 9.17) is 30.5 Å². The summed E-state index contributed by atoms with van der Waals surface area (Å²) in [7, 11) is 1.17. The van der Waals surface area contributed by atoms with Crippen molar-refractivity contribution in [2.75, 3.05) is 18.6 Å². The number of nitrogens with zero attached hydrogens (tertiary/aromatic N) is 1. The lowest BCUT2D eigenvalue weighted by Crippen LogP contribution is -2.44. The second kappa shape index (κ2) is 12.3. The molecule has 3 aromatic carbocycles. The summed E-state index contributed by atoms with van der Waals surface area (Å²) >= 11 is 6.01. The van der Waals surface area contributed by atoms with Crippen LogP contribution in [0.25, 0.3) is 0 Å². The lowest BCUT2D eigenvalue weighted by atomic mass is 9.88. The van der Waals surface area contributed by atoms with Gasteiger partial charge in [-0.25, -0.2) is 23.7 Å². The van der Waals surface area contributed by atoms with Crippen LogP contribution in [-0.4, -0.2) is 43.8 Å². The van der Waals surface area contributed by atoms with E-state index < -0.39 is 70.9 Å². The molecule has 0 radical (unpaired) electrons. The van der Waals surface area contributed by atoms with E-state index in [0.717, 1.165) is 13.0 Å². The number of hydrogen-bond donors (Lipinski definition) is 0. The van der Waals surface area contributed by atoms with E-state index in [0.29, 0.717) is 23.8 Å². The second-order valence-electron chi connectivity index (χ2n) is 9.15. The number of carbonyl (C=O) groups is 4. The molecule has 0 aromatic heterocycles. The predicted molar refractivity (Wildman–Crippen MR) is 142 cm³/mol. The molecule has 9 nitrogen and oxygen atoms in total. The highest BCUT2D eigenvalue weighted by atomic mass is 35.5. The lowest BCUT2D eigenvalue weighted by Gasteiger charge is -2.23. The Hall–Kier alpha value is -4.65. The van der Waals surface area contributed by atoms with E-state index in [1.165, 1.54) is 19.2 Å². The monoisotopic (exact) mass is 623 g/mol. The van der Waals surface area contributed by atoms with Crippen LogP contribution in [0.15, 0.2) is 66.7 Å². The Labute approximate surface area is 246 Å². The molecular weight excluding hydrogens is 602 g/mol. The summed E-state index contributed by atoms with van der Waals surface area (Å²) in [6.07, 6.45) is -8.37. The van der Waals surface area contributed by atoms with Crippen LogP contribution in [0.4, 0.5) is 28.0 Å². The Morgan fingerprint density at radius 2 is 1.67 bits per heavy atom. The fraction of sp³-hybridized carbons (Fsp3) is 0.241. The summed E-state index contributed by atoms with van der Waals surface area (Å²) in [5.41, 5.74) is -5.74. The standard InChI is InChI=1S/C29H22ClF4NO8/c1-16(25(37)42-15-24(36)41-14-17-6-4-3-5-7-17)43-27(39)35-22-12-18(29(32,33)34)8-10-20(22)28(31,26(35)38)21-13-19(30)9-11-23(21)40-2/h3-13,16H,14-15H2,1-2H3. The van der Waals surface area contributed by atoms with Crippen LogP contribution in [0.2, 0.25) is 5.02 Å². The summed E-state index contributed by atoms with van der Waals surface area (Å²) in [5, 5.41) is -0.0335. The number of esters is 2. The fourth-order valence-electron chi connectivity index (χ4n) is 4.23. The number of alkyl halides is 4. The van der Waals surface area contributed by atoms with Crippen molar-refractivity contribution in [3.63, 3.8) is 0 Å². The second-order valence-corrected chi connectivity index (χ2v) is 9.59. The van der Waals surface area contributed by atoms with Crippen LogP contribution in [0.1, 0.15) is 29.2 Å². The van der Waals surface area contributed by atoms with Crippen molar-refractivity contribution < 1.29 is 55.7 Å². The molecular formula is C29H22ClF4NO8. The highest BCUT2D eigenvalue weighted by Crippen LogP contribution is 2.51. The van der Waals surface area contributed by atoms with Crippen LogP contribution in [0.3, 0.4) is 0 Å². The molecule has 0 saturated carbocycles. The van der Waals surface area contributed by atoms with Gasteiger partial charge >= 0.3 is 24.2 Å². The van der Waals surface area contributed by atoms with Crippen molar-refractivity contribution in [1.29, 1.82) is 0 Å². The number of benzene rings is 3. The normalized spacial score (nSPS) is 16.7. The molecule has 4 rings (SSSR count). The Bertz CT molecular complexity index is 1570. The van der Waals surface area contributed by atoms with E-state index in [1.54, 1.807) is 30.3 Å². The number of anilines is 1. The number of halogens is 5. The zero-order valence-corrected chi connectivity index (χ0v) is 23.2. The third kappa shape index (κ3) is 6.41. The first-order chi connectivity index (χ1) is 20.3. The Balaban J connectivity index is 1.55. The Morgan fingerprint density at radius 3 is 2.33 bits per heavy atom. The largest absolute Gasteiger partial charge is 0.496 e. The third-order valence-corrected chi connectivity index (χ3v) is 6.57. The average molecular weight is 624 g/mol. The van der Waals surface area contributed by atoms with Gasteiger partial charge in [0.25, 0.3) is 5.91 Å². The summed E-state index contributed by atoms with van der Waals surface area (Å²) in [4.78, 5) is 51.0. The number of imide groups is 1. The van der Waals surface area contributed by atoms with Gasteiger partial charge in [0.15, 0.2) is 12.7 Å². The van der Waals surface area contributed by atoms with E-state index >= 15 is 4.39 Å². The molecule has 14 heteroatoms. The number of rotatable bonds is 8. The van der Waals surface area contributed by atoms with Gasteiger partial charge in [-0.3, -0.25) is 4.79 Å². The quantitative estimate of drug-likeness (QED) is 0.178. The first-order valence-electron chi connectivity index (χ1n) is 12.4. The number of methoxy groups -OCH3 is 1. The van der Waals surface area contributed by atoms with E-state index in [9.17, 15) is 32.3 Å². The highest BCUT2D eigenvalue weighted by Gasteiger charge is 2.58. The van der Waals surface area contributed by atoms with Gasteiger partial charge in [-0.15, -0.1) is 0 Å². The molecule has 1 aliphatic heterocycles. The molecule has 226 valence electrons. The number of carbonyl (C=O) groups excluding carboxylic acids is 4. The maximum Gasteiger partial charge on any atom is 0.422 e. The molecule has 0 saturated heterocycles. The summed E-state index contributed by atoms with van der Waals surface area (Å²) < 4.78 is 77.3. The third-order valence-electron chi connectivity index (χ3n) is 6.33. The van der Waals surface area contributed by atoms with Gasteiger partial charge in [0.05, 0.1) is 18.4 Å². The average Bonchev–Trinajstić information content (AvgIpc) is 3.21. The van der Waals surface area contributed by atoms with Crippen molar-refractivity contribution >= 4 is 41.2 Å². The summed E-state index contributed by atoms with van der Waals surface area (Å²) in [6.45, 7) is 0.0719. The minimum Gasteiger partial charge on any atom is -0.496 e. The molecule has 0 bridgehead atoms. The first kappa shape index (κ1) is 31.3. The van der Waals surface area contributed by atoms with Crippen LogP contribution in [-0.2, 0) is 47.0 Å². The highest BCUT2D eigenvalue weighted by molar-refractivity contribution is 6.31. The molecule has 0 spiro atoms. The van der Waals surface area contributed by atoms with Crippen molar-refractivity contribution in [2.45, 2.75) is 31.5 Å². The Kier molecular flexibility index (Phi) is 8.95. The van der Waals surface area contributed by atoms with Crippen molar-refractivity contribution in [2.24, 2.45) is 0 Å². The molecule has 1 aliphatic rings. The van der Waals surface area contributed by atoms with E-state index in [1.807, 2.05) is 0 Å². The van der Waals surface area contributed by atoms with Crippen LogP contribution >= 0.6 is 11.6 Å². The van der Waals surface area contributed by atoms with Crippen LogP contribution in [0, 0.1) is 0 Å². The molecule has 0 fully saturated rings. The van der Waals surface area contributed by atoms with Crippen molar-refractivity contribution in [3.8, 4) is 5.75 Å². The van der Waals surface area contributed by atoms with Gasteiger partial charge < -0.3 is 18.9 Å². The zero-order valence-electron chi connectivity index (χ0n) is 22.4. The van der Waals surface area contributed by atoms with Gasteiger partial charge in [-0.1, -0.05) is 48.0 Å². The maximum absolute atomic E-state index is 16.8. The van der Waals surface area contributed by atoms with Gasteiger partial charge in [0.1, 0.15) is 12.4 Å². The number of fused-ring (bicyclic) bond motifs is 1. The molecule has 0 N–H and O–H groups in total. The van der Waals surface area contributed by atoms with Gasteiger partial charge in [-0.2, -0.15) is 13.2 Å². The molecule has 2 unspecified atom stereocenters. The van der Waals surface area contributed by atoms with Gasteiger partial charge in [-0.05, 0) is 42.8 Å².